The van der Waals surface area contributed by atoms with Crippen molar-refractivity contribution in [3.63, 3.8) is 0 Å². The number of hydrogen-bond donors (Lipinski definition) is 0. The number of aromatic nitrogens is 1. The maximum atomic E-state index is 13.0. The van der Waals surface area contributed by atoms with Gasteiger partial charge in [0.1, 0.15) is 6.07 Å². The van der Waals surface area contributed by atoms with Crippen LogP contribution in [0.3, 0.4) is 0 Å². The molecular weight excluding hydrogens is 386 g/mol. The first kappa shape index (κ1) is 21.7. The second kappa shape index (κ2) is 9.33. The van der Waals surface area contributed by atoms with Crippen LogP contribution in [0.2, 0.25) is 0 Å². The first-order valence-electron chi connectivity index (χ1n) is 11.4. The monoisotopic (exact) mass is 419 g/mol. The first-order valence-corrected chi connectivity index (χ1v) is 11.4. The lowest BCUT2D eigenvalue weighted by atomic mass is 9.83. The highest BCUT2D eigenvalue weighted by molar-refractivity contribution is 5.87. The van der Waals surface area contributed by atoms with Crippen LogP contribution in [0, 0.1) is 17.2 Å². The van der Waals surface area contributed by atoms with E-state index in [0.29, 0.717) is 30.0 Å². The van der Waals surface area contributed by atoms with E-state index in [9.17, 15) is 10.1 Å². The molecule has 1 aromatic carbocycles. The van der Waals surface area contributed by atoms with E-state index in [4.69, 9.17) is 0 Å². The van der Waals surface area contributed by atoms with Gasteiger partial charge in [-0.2, -0.15) is 5.26 Å². The summed E-state index contributed by atoms with van der Waals surface area (Å²) in [5.41, 5.74) is 2.65. The van der Waals surface area contributed by atoms with Crippen LogP contribution in [-0.2, 0) is 4.79 Å². The zero-order valence-corrected chi connectivity index (χ0v) is 18.9. The molecule has 3 heterocycles. The lowest BCUT2D eigenvalue weighted by molar-refractivity contribution is -0.134. The Morgan fingerprint density at radius 2 is 2.00 bits per heavy atom. The minimum absolute atomic E-state index is 0.261. The summed E-state index contributed by atoms with van der Waals surface area (Å²) in [5.74, 6) is 1.13. The molecule has 164 valence electrons. The van der Waals surface area contributed by atoms with Crippen LogP contribution in [0.4, 0.5) is 0 Å². The Bertz CT molecular complexity index is 974. The zero-order valence-electron chi connectivity index (χ0n) is 18.9. The molecule has 6 nitrogen and oxygen atoms in total. The number of carbonyl (C=O) groups excluding carboxylic acids is 1. The number of piperidine rings is 2. The van der Waals surface area contributed by atoms with Crippen molar-refractivity contribution in [3.05, 3.63) is 41.6 Å². The summed E-state index contributed by atoms with van der Waals surface area (Å²) in [7, 11) is 4.25. The fourth-order valence-electron chi connectivity index (χ4n) is 5.38. The number of nitriles is 1. The smallest absolute Gasteiger partial charge is 0.236 e. The highest BCUT2D eigenvalue weighted by atomic mass is 16.2. The average Bonchev–Trinajstić information content (AvgIpc) is 2.78. The van der Waals surface area contributed by atoms with Crippen molar-refractivity contribution >= 4 is 16.8 Å². The molecule has 2 atom stereocenters. The van der Waals surface area contributed by atoms with Crippen LogP contribution in [0.1, 0.15) is 43.2 Å². The summed E-state index contributed by atoms with van der Waals surface area (Å²) in [5, 5.41) is 10.5. The van der Waals surface area contributed by atoms with Crippen LogP contribution in [-0.4, -0.2) is 78.5 Å². The number of carbonyl (C=O) groups is 1. The fourth-order valence-corrected chi connectivity index (χ4v) is 5.38. The summed E-state index contributed by atoms with van der Waals surface area (Å²) in [6.07, 6.45) is 4.96. The van der Waals surface area contributed by atoms with Crippen molar-refractivity contribution in [3.8, 4) is 6.07 Å². The minimum atomic E-state index is 0.261. The van der Waals surface area contributed by atoms with Crippen LogP contribution < -0.4 is 0 Å². The van der Waals surface area contributed by atoms with E-state index in [0.717, 1.165) is 56.3 Å². The van der Waals surface area contributed by atoms with Gasteiger partial charge in [-0.3, -0.25) is 14.7 Å². The molecule has 6 heteroatoms. The second-order valence-electron chi connectivity index (χ2n) is 9.52. The standard InChI is InChI=1S/C25H33N5O/c1-18-13-20(22-7-6-19(14-26)25-23(22)5-4-10-27-25)16-29(15-18)17-24(31)30-11-8-21(9-12-30)28(2)3/h4-7,10,18,20-21H,8-9,11-13,15-17H2,1-3H3/t18?,20-/m1/s1. The van der Waals surface area contributed by atoms with Gasteiger partial charge in [-0.15, -0.1) is 0 Å². The van der Waals surface area contributed by atoms with Gasteiger partial charge in [0.15, 0.2) is 0 Å². The molecule has 2 saturated heterocycles. The lowest BCUT2D eigenvalue weighted by Gasteiger charge is -2.39. The van der Waals surface area contributed by atoms with E-state index in [1.165, 1.54) is 5.56 Å². The molecule has 31 heavy (non-hydrogen) atoms. The van der Waals surface area contributed by atoms with Crippen LogP contribution in [0.25, 0.3) is 10.9 Å². The van der Waals surface area contributed by atoms with Gasteiger partial charge in [0, 0.05) is 43.8 Å². The highest BCUT2D eigenvalue weighted by Gasteiger charge is 2.30. The molecule has 2 aliphatic heterocycles. The quantitative estimate of drug-likeness (QED) is 0.762. The molecule has 4 rings (SSSR count). The van der Waals surface area contributed by atoms with Gasteiger partial charge in [0.05, 0.1) is 17.6 Å². The van der Waals surface area contributed by atoms with Crippen molar-refractivity contribution < 1.29 is 4.79 Å². The Labute approximate surface area is 185 Å². The van der Waals surface area contributed by atoms with Gasteiger partial charge < -0.3 is 9.80 Å². The summed E-state index contributed by atoms with van der Waals surface area (Å²) >= 11 is 0. The first-order chi connectivity index (χ1) is 15.0. The third-order valence-corrected chi connectivity index (χ3v) is 7.01. The van der Waals surface area contributed by atoms with Gasteiger partial charge in [-0.1, -0.05) is 19.1 Å². The Hall–Kier alpha value is -2.49. The largest absolute Gasteiger partial charge is 0.341 e. The summed E-state index contributed by atoms with van der Waals surface area (Å²) in [6.45, 7) is 6.33. The Morgan fingerprint density at radius 3 is 2.71 bits per heavy atom. The Kier molecular flexibility index (Phi) is 6.54. The van der Waals surface area contributed by atoms with Gasteiger partial charge in [-0.25, -0.2) is 0 Å². The van der Waals surface area contributed by atoms with E-state index in [1.807, 2.05) is 12.1 Å². The molecule has 1 unspecified atom stereocenters. The summed E-state index contributed by atoms with van der Waals surface area (Å²) in [6, 6.07) is 10.9. The Morgan fingerprint density at radius 1 is 1.23 bits per heavy atom. The number of fused-ring (bicyclic) bond motifs is 1. The fraction of sp³-hybridized carbons (Fsp3) is 0.560. The van der Waals surface area contributed by atoms with E-state index >= 15 is 0 Å². The predicted octanol–water partition coefficient (Wildman–Crippen LogP) is 3.08. The number of benzene rings is 1. The lowest BCUT2D eigenvalue weighted by Crippen LogP contribution is -2.49. The van der Waals surface area contributed by atoms with Crippen molar-refractivity contribution in [1.82, 2.24) is 19.7 Å². The van der Waals surface area contributed by atoms with Gasteiger partial charge in [0.25, 0.3) is 0 Å². The molecule has 2 aromatic rings. The third kappa shape index (κ3) is 4.73. The van der Waals surface area contributed by atoms with E-state index < -0.39 is 0 Å². The van der Waals surface area contributed by atoms with Crippen molar-refractivity contribution in [2.24, 2.45) is 5.92 Å². The number of likely N-dealkylation sites (tertiary alicyclic amines) is 2. The third-order valence-electron chi connectivity index (χ3n) is 7.01. The topological polar surface area (TPSA) is 63.5 Å². The SMILES string of the molecule is CC1C[C@@H](c2ccc(C#N)c3ncccc23)CN(CC(=O)N2CCC(N(C)C)CC2)C1. The molecule has 0 bridgehead atoms. The van der Waals surface area contributed by atoms with Crippen molar-refractivity contribution in [1.29, 1.82) is 5.26 Å². The van der Waals surface area contributed by atoms with Crippen molar-refractivity contribution in [2.75, 3.05) is 46.8 Å². The number of nitrogens with zero attached hydrogens (tertiary/aromatic N) is 5. The molecular formula is C25H33N5O. The minimum Gasteiger partial charge on any atom is -0.341 e. The normalized spacial score (nSPS) is 23.3. The van der Waals surface area contributed by atoms with Crippen LogP contribution in [0.15, 0.2) is 30.5 Å². The summed E-state index contributed by atoms with van der Waals surface area (Å²) < 4.78 is 0. The van der Waals surface area contributed by atoms with Gasteiger partial charge in [0.2, 0.25) is 5.91 Å². The predicted molar refractivity (Wildman–Crippen MR) is 123 cm³/mol. The zero-order chi connectivity index (χ0) is 22.0. The molecule has 0 saturated carbocycles. The highest BCUT2D eigenvalue weighted by Crippen LogP contribution is 2.34. The molecule has 0 radical (unpaired) electrons. The maximum absolute atomic E-state index is 13.0. The van der Waals surface area contributed by atoms with Gasteiger partial charge >= 0.3 is 0 Å². The van der Waals surface area contributed by atoms with Crippen molar-refractivity contribution in [2.45, 2.75) is 38.1 Å². The molecule has 0 aliphatic carbocycles. The van der Waals surface area contributed by atoms with E-state index in [1.54, 1.807) is 6.20 Å². The molecule has 2 aliphatic rings. The number of amides is 1. The molecule has 1 amide bonds. The van der Waals surface area contributed by atoms with E-state index in [-0.39, 0.29) is 5.91 Å². The number of pyridine rings is 1. The number of rotatable bonds is 4. The molecule has 2 fully saturated rings. The number of hydrogen-bond acceptors (Lipinski definition) is 5. The van der Waals surface area contributed by atoms with Crippen LogP contribution in [0.5, 0.6) is 0 Å². The molecule has 0 spiro atoms. The second-order valence-corrected chi connectivity index (χ2v) is 9.52. The maximum Gasteiger partial charge on any atom is 0.236 e. The Balaban J connectivity index is 1.47. The molecule has 0 N–H and O–H groups in total. The van der Waals surface area contributed by atoms with Crippen LogP contribution >= 0.6 is 0 Å². The summed E-state index contributed by atoms with van der Waals surface area (Å²) in [4.78, 5) is 24.1. The molecule has 1 aromatic heterocycles. The van der Waals surface area contributed by atoms with E-state index in [2.05, 4.69) is 58.9 Å². The average molecular weight is 420 g/mol. The van der Waals surface area contributed by atoms with Gasteiger partial charge in [-0.05, 0) is 62.9 Å².